The second-order valence-corrected chi connectivity index (χ2v) is 14.9. The number of hydrogen-bond acceptors (Lipinski definition) is 15. The minimum Gasteiger partial charge on any atom is -0.543 e. The van der Waals surface area contributed by atoms with Crippen LogP contribution in [0.4, 0.5) is 5.13 Å². The molecule has 2 saturated heterocycles. The number of nitrogens with two attached hydrogens (primary N) is 1. The Morgan fingerprint density at radius 1 is 1.15 bits per heavy atom. The first-order valence-electron chi connectivity index (χ1n) is 16.1. The van der Waals surface area contributed by atoms with Crippen molar-refractivity contribution in [2.45, 2.75) is 43.3 Å². The highest BCUT2D eigenvalue weighted by Gasteiger charge is 2.54. The number of anilines is 1. The number of aliphatic carboxylic acids is 3. The molecule has 6 rings (SSSR count). The monoisotopic (exact) mass is 771 g/mol. The van der Waals surface area contributed by atoms with Crippen LogP contribution in [0, 0.1) is 0 Å². The molecule has 5 heterocycles. The molecular weight excluding hydrogens is 739 g/mol. The molecule has 3 aliphatic heterocycles. The number of thioether (sulfide) groups is 1. The summed E-state index contributed by atoms with van der Waals surface area (Å²) < 4.78 is 1.99. The molecule has 280 valence electrons. The third kappa shape index (κ3) is 7.22. The normalized spacial score (nSPS) is 20.1. The van der Waals surface area contributed by atoms with Crippen molar-refractivity contribution in [3.63, 3.8) is 0 Å². The Labute approximate surface area is 307 Å². The maximum atomic E-state index is 13.6. The Hall–Kier alpha value is -5.67. The molecule has 0 radical (unpaired) electrons. The molecule has 0 aliphatic carbocycles. The van der Waals surface area contributed by atoms with Crippen LogP contribution in [0.5, 0.6) is 11.5 Å². The summed E-state index contributed by atoms with van der Waals surface area (Å²) in [6.45, 7) is 1.65. The first kappa shape index (κ1) is 37.1. The predicted molar refractivity (Wildman–Crippen MR) is 185 cm³/mol. The maximum Gasteiger partial charge on any atom is 0.348 e. The molecule has 19 nitrogen and oxygen atoms in total. The molecule has 0 saturated carbocycles. The molecule has 0 bridgehead atoms. The number of aromatic hydroxyl groups is 2. The molecule has 53 heavy (non-hydrogen) atoms. The van der Waals surface area contributed by atoms with Crippen LogP contribution in [0.3, 0.4) is 0 Å². The number of pyridine rings is 1. The average Bonchev–Trinajstić information content (AvgIpc) is 3.74. The maximum absolute atomic E-state index is 13.6. The van der Waals surface area contributed by atoms with Gasteiger partial charge >= 0.3 is 11.9 Å². The lowest BCUT2D eigenvalue weighted by atomic mass is 10.0. The van der Waals surface area contributed by atoms with E-state index >= 15 is 0 Å². The van der Waals surface area contributed by atoms with Crippen molar-refractivity contribution in [3.05, 3.63) is 56.5 Å². The summed E-state index contributed by atoms with van der Waals surface area (Å²) in [6.07, 6.45) is 0.346. The van der Waals surface area contributed by atoms with Crippen LogP contribution >= 0.6 is 23.1 Å². The zero-order chi connectivity index (χ0) is 38.4. The predicted octanol–water partition coefficient (Wildman–Crippen LogP) is -1.15. The standard InChI is InChI=1S/C32H33N7O12S2/c1-37-9-14(26(44)16-6-19(40)20(41)7-18(16)37)10-39(4-2-3-5-39)11-15-12-52-29-24(28(46)38(29)25(15)31(49)50)35-27(45)23(17-13-53-32(33)34-17)36-51-21(30(47)48)8-22(42)43/h6-7,9,13,21,24,29H,2-5,8,10-12H2,1H3,(H7-,33,34,35,36,40,41,42,43,44,45,47,48,49,50)/t21-,24+,29+/m0/s1. The van der Waals surface area contributed by atoms with E-state index in [9.17, 15) is 49.2 Å². The summed E-state index contributed by atoms with van der Waals surface area (Å²) in [4.78, 5) is 85.7. The Morgan fingerprint density at radius 3 is 2.47 bits per heavy atom. The zero-order valence-corrected chi connectivity index (χ0v) is 29.5. The Balaban J connectivity index is 1.24. The lowest BCUT2D eigenvalue weighted by molar-refractivity contribution is -0.925. The highest BCUT2D eigenvalue weighted by Crippen LogP contribution is 2.41. The number of nitrogens with one attached hydrogen (secondary N) is 1. The number of carbonyl (C=O) groups excluding carboxylic acids is 3. The van der Waals surface area contributed by atoms with E-state index in [0.717, 1.165) is 29.1 Å². The van der Waals surface area contributed by atoms with Crippen molar-refractivity contribution in [3.8, 4) is 11.5 Å². The second-order valence-electron chi connectivity index (χ2n) is 12.9. The van der Waals surface area contributed by atoms with Crippen LogP contribution in [0.2, 0.25) is 0 Å². The number of aryl methyl sites for hydroxylation is 1. The van der Waals surface area contributed by atoms with E-state index in [4.69, 9.17) is 15.7 Å². The second kappa shape index (κ2) is 14.4. The molecular formula is C32H33N7O12S2. The lowest BCUT2D eigenvalue weighted by Gasteiger charge is -2.51. The largest absolute Gasteiger partial charge is 0.543 e. The van der Waals surface area contributed by atoms with E-state index in [2.05, 4.69) is 15.5 Å². The third-order valence-electron chi connectivity index (χ3n) is 9.32. The Morgan fingerprint density at radius 2 is 1.85 bits per heavy atom. The fourth-order valence-corrected chi connectivity index (χ4v) is 8.76. The smallest absolute Gasteiger partial charge is 0.348 e. The van der Waals surface area contributed by atoms with Gasteiger partial charge in [0, 0.05) is 48.9 Å². The van der Waals surface area contributed by atoms with Crippen molar-refractivity contribution in [2.75, 3.05) is 31.1 Å². The minimum absolute atomic E-state index is 0.0184. The van der Waals surface area contributed by atoms with Crippen molar-refractivity contribution in [1.29, 1.82) is 0 Å². The van der Waals surface area contributed by atoms with Gasteiger partial charge in [-0.15, -0.1) is 23.1 Å². The number of aromatic nitrogens is 2. The van der Waals surface area contributed by atoms with E-state index in [1.165, 1.54) is 29.3 Å². The molecule has 3 aromatic rings. The number of hydrogen-bond donors (Lipinski definition) is 6. The molecule has 0 spiro atoms. The van der Waals surface area contributed by atoms with Crippen LogP contribution in [-0.4, -0.2) is 118 Å². The van der Waals surface area contributed by atoms with E-state index in [1.807, 2.05) is 0 Å². The van der Waals surface area contributed by atoms with Crippen molar-refractivity contribution in [1.82, 2.24) is 19.8 Å². The summed E-state index contributed by atoms with van der Waals surface area (Å²) in [6, 6.07) is 1.27. The first-order valence-corrected chi connectivity index (χ1v) is 18.0. The number of likely N-dealkylation sites (tertiary alicyclic amines) is 1. The molecule has 3 aliphatic rings. The number of carboxylic acid groups (broad SMARTS) is 3. The van der Waals surface area contributed by atoms with E-state index < -0.39 is 65.1 Å². The summed E-state index contributed by atoms with van der Waals surface area (Å²) in [7, 11) is 1.70. The first-order chi connectivity index (χ1) is 25.1. The molecule has 1 aromatic carbocycles. The summed E-state index contributed by atoms with van der Waals surface area (Å²) >= 11 is 2.12. The molecule has 0 unspecified atom stereocenters. The average molecular weight is 772 g/mol. The molecule has 2 fully saturated rings. The van der Waals surface area contributed by atoms with Crippen LogP contribution < -0.4 is 21.6 Å². The Bertz CT molecular complexity index is 2170. The molecule has 2 aromatic heterocycles. The van der Waals surface area contributed by atoms with Gasteiger partial charge in [0.2, 0.25) is 6.10 Å². The number of amides is 2. The van der Waals surface area contributed by atoms with Gasteiger partial charge in [0.15, 0.2) is 27.8 Å². The number of fused-ring (bicyclic) bond motifs is 2. The number of quaternary nitrogens is 1. The summed E-state index contributed by atoms with van der Waals surface area (Å²) in [5.74, 6) is -7.21. The fraction of sp³-hybridized carbons (Fsp3) is 0.375. The molecule has 21 heteroatoms. The van der Waals surface area contributed by atoms with Crippen LogP contribution in [0.15, 0.2) is 44.9 Å². The lowest BCUT2D eigenvalue weighted by Crippen LogP contribution is -2.71. The number of nitrogen functional groups attached to an aromatic ring is 1. The number of β-lactam (4-membered cyclic amide) rings is 1. The number of benzene rings is 1. The number of nitrogens with zero attached hydrogens (tertiary/aromatic N) is 5. The molecule has 3 atom stereocenters. The van der Waals surface area contributed by atoms with Gasteiger partial charge in [-0.2, -0.15) is 0 Å². The van der Waals surface area contributed by atoms with Gasteiger partial charge in [0.05, 0.1) is 47.6 Å². The van der Waals surface area contributed by atoms with Gasteiger partial charge < -0.3 is 55.3 Å². The molecule has 2 amide bonds. The van der Waals surface area contributed by atoms with Crippen molar-refractivity contribution < 1.29 is 58.8 Å². The molecule has 7 N–H and O–H groups in total. The van der Waals surface area contributed by atoms with Gasteiger partial charge in [-0.3, -0.25) is 24.1 Å². The van der Waals surface area contributed by atoms with Crippen molar-refractivity contribution >= 4 is 74.6 Å². The van der Waals surface area contributed by atoms with Gasteiger partial charge in [-0.1, -0.05) is 5.16 Å². The van der Waals surface area contributed by atoms with E-state index in [1.54, 1.807) is 17.8 Å². The summed E-state index contributed by atoms with van der Waals surface area (Å²) in [5.41, 5.74) is 5.55. The Kier molecular flexibility index (Phi) is 10.1. The topological polar surface area (TPSA) is 287 Å². The number of rotatable bonds is 13. The van der Waals surface area contributed by atoms with Gasteiger partial charge in [-0.25, -0.2) is 9.78 Å². The summed E-state index contributed by atoms with van der Waals surface area (Å²) in [5, 5.41) is 57.7. The van der Waals surface area contributed by atoms with Gasteiger partial charge in [0.25, 0.3) is 11.8 Å². The van der Waals surface area contributed by atoms with Crippen LogP contribution in [-0.2, 0) is 42.4 Å². The number of phenolic OH excluding ortho intramolecular Hbond substituents is 2. The van der Waals surface area contributed by atoms with Crippen molar-refractivity contribution in [2.24, 2.45) is 12.2 Å². The number of phenols is 2. The third-order valence-corrected chi connectivity index (χ3v) is 11.3. The van der Waals surface area contributed by atoms with E-state index in [-0.39, 0.29) is 51.9 Å². The highest BCUT2D eigenvalue weighted by molar-refractivity contribution is 8.00. The van der Waals surface area contributed by atoms with Crippen LogP contribution in [0.1, 0.15) is 30.5 Å². The number of thiazole rings is 1. The SMILES string of the molecule is Cn1cc(C[N+]2(CC3=C(C(=O)[O-])N4C(=O)[C@@H](NC(=O)C(=NO[C@@H](CC(=O)O)C(=O)O)c5csc(N)n5)[C@H]4SC3)CCCC2)c(=O)c2cc(O)c(O)cc21. The van der Waals surface area contributed by atoms with Gasteiger partial charge in [-0.05, 0) is 6.07 Å². The highest BCUT2D eigenvalue weighted by atomic mass is 32.2. The number of carboxylic acids is 3. The van der Waals surface area contributed by atoms with Gasteiger partial charge in [0.1, 0.15) is 30.2 Å². The quantitative estimate of drug-likeness (QED) is 0.0393. The number of oxime groups is 1. The fourth-order valence-electron chi connectivity index (χ4n) is 6.88. The van der Waals surface area contributed by atoms with Crippen LogP contribution in [0.25, 0.3) is 10.9 Å². The number of carbonyl (C=O) groups is 5. The minimum atomic E-state index is -1.95. The van der Waals surface area contributed by atoms with E-state index in [0.29, 0.717) is 34.2 Å². The zero-order valence-electron chi connectivity index (χ0n) is 27.9.